The van der Waals surface area contributed by atoms with Crippen molar-refractivity contribution in [3.63, 3.8) is 0 Å². The number of anilines is 2. The monoisotopic (exact) mass is 412 g/mol. The third kappa shape index (κ3) is 6.89. The Morgan fingerprint density at radius 3 is 2.30 bits per heavy atom. The van der Waals surface area contributed by atoms with Gasteiger partial charge in [0.15, 0.2) is 0 Å². The van der Waals surface area contributed by atoms with Gasteiger partial charge < -0.3 is 20.7 Å². The zero-order valence-corrected chi connectivity index (χ0v) is 17.5. The zero-order valence-electron chi connectivity index (χ0n) is 17.5. The number of carbonyl (C=O) groups excluding carboxylic acids is 3. The topological polar surface area (TPSA) is 99.8 Å². The third-order valence-corrected chi connectivity index (χ3v) is 4.31. The van der Waals surface area contributed by atoms with Gasteiger partial charge >= 0.3 is 0 Å². The third-order valence-electron chi connectivity index (χ3n) is 4.31. The molecule has 0 aliphatic heterocycles. The molecule has 30 heavy (non-hydrogen) atoms. The van der Waals surface area contributed by atoms with Crippen molar-refractivity contribution in [1.29, 1.82) is 0 Å². The van der Waals surface area contributed by atoms with Crippen LogP contribution < -0.4 is 20.7 Å². The number of hydrogen-bond donors (Lipinski definition) is 3. The molecule has 2 aromatic carbocycles. The Labute approximate surface area is 176 Å². The van der Waals surface area contributed by atoms with Crippen LogP contribution in [0.25, 0.3) is 0 Å². The van der Waals surface area contributed by atoms with Gasteiger partial charge in [0.2, 0.25) is 11.8 Å². The summed E-state index contributed by atoms with van der Waals surface area (Å²) in [7, 11) is 1.54. The molecule has 2 rings (SSSR count). The fourth-order valence-corrected chi connectivity index (χ4v) is 2.82. The maximum absolute atomic E-state index is 12.4. The number of hydrogen-bond acceptors (Lipinski definition) is 5. The fraction of sp³-hybridized carbons (Fsp3) is 0.318. The molecule has 8 nitrogen and oxygen atoms in total. The van der Waals surface area contributed by atoms with Crippen molar-refractivity contribution in [2.75, 3.05) is 43.9 Å². The van der Waals surface area contributed by atoms with Gasteiger partial charge in [0.1, 0.15) is 5.75 Å². The molecule has 0 saturated heterocycles. The van der Waals surface area contributed by atoms with E-state index >= 15 is 0 Å². The number of carbonyl (C=O) groups is 3. The van der Waals surface area contributed by atoms with E-state index in [4.69, 9.17) is 4.74 Å². The van der Waals surface area contributed by atoms with Gasteiger partial charge in [-0.05, 0) is 43.8 Å². The highest BCUT2D eigenvalue weighted by Gasteiger charge is 2.15. The number of likely N-dealkylation sites (N-methyl/N-ethyl adjacent to an activating group) is 1. The van der Waals surface area contributed by atoms with Gasteiger partial charge in [-0.2, -0.15) is 0 Å². The van der Waals surface area contributed by atoms with Crippen molar-refractivity contribution in [3.8, 4) is 5.75 Å². The first kappa shape index (κ1) is 22.9. The first-order valence-corrected chi connectivity index (χ1v) is 9.80. The first-order valence-electron chi connectivity index (χ1n) is 9.80. The van der Waals surface area contributed by atoms with Crippen molar-refractivity contribution in [3.05, 3.63) is 54.1 Å². The van der Waals surface area contributed by atoms with Crippen LogP contribution in [-0.2, 0) is 9.59 Å². The lowest BCUT2D eigenvalue weighted by atomic mass is 10.2. The molecule has 3 N–H and O–H groups in total. The molecule has 0 saturated carbocycles. The lowest BCUT2D eigenvalue weighted by molar-refractivity contribution is -0.119. The summed E-state index contributed by atoms with van der Waals surface area (Å²) in [4.78, 5) is 38.5. The first-order chi connectivity index (χ1) is 14.5. The summed E-state index contributed by atoms with van der Waals surface area (Å²) in [5.41, 5.74) is 1.57. The van der Waals surface area contributed by atoms with Crippen LogP contribution in [0, 0.1) is 0 Å². The normalized spacial score (nSPS) is 10.4. The Balaban J connectivity index is 1.92. The van der Waals surface area contributed by atoms with Gasteiger partial charge in [-0.1, -0.05) is 25.1 Å². The number of nitrogens with zero attached hydrogens (tertiary/aromatic N) is 1. The van der Waals surface area contributed by atoms with E-state index in [0.29, 0.717) is 35.8 Å². The van der Waals surface area contributed by atoms with Crippen molar-refractivity contribution < 1.29 is 19.1 Å². The van der Waals surface area contributed by atoms with Crippen LogP contribution in [0.4, 0.5) is 11.4 Å². The van der Waals surface area contributed by atoms with Gasteiger partial charge in [0, 0.05) is 17.8 Å². The summed E-state index contributed by atoms with van der Waals surface area (Å²) >= 11 is 0. The molecule has 2 aromatic rings. The lowest BCUT2D eigenvalue weighted by Gasteiger charge is -2.20. The lowest BCUT2D eigenvalue weighted by Crippen LogP contribution is -2.38. The molecule has 0 aliphatic carbocycles. The van der Waals surface area contributed by atoms with Gasteiger partial charge in [0.05, 0.1) is 25.9 Å². The molecule has 3 amide bonds. The molecule has 0 heterocycles. The van der Waals surface area contributed by atoms with Crippen LogP contribution >= 0.6 is 0 Å². The smallest absolute Gasteiger partial charge is 0.251 e. The summed E-state index contributed by atoms with van der Waals surface area (Å²) in [6.07, 6.45) is 0. The molecule has 0 atom stereocenters. The molecule has 8 heteroatoms. The average molecular weight is 412 g/mol. The molecular formula is C22H28N4O4. The average Bonchev–Trinajstić information content (AvgIpc) is 2.74. The second kappa shape index (κ2) is 11.6. The Kier molecular flexibility index (Phi) is 8.83. The highest BCUT2D eigenvalue weighted by atomic mass is 16.5. The number of ether oxygens (including phenoxy) is 1. The molecule has 0 bridgehead atoms. The number of rotatable bonds is 10. The number of nitrogens with one attached hydrogen (secondary N) is 3. The Morgan fingerprint density at radius 2 is 1.63 bits per heavy atom. The maximum Gasteiger partial charge on any atom is 0.251 e. The van der Waals surface area contributed by atoms with Crippen LogP contribution in [0.3, 0.4) is 0 Å². The number of amides is 3. The van der Waals surface area contributed by atoms with Gasteiger partial charge in [0.25, 0.3) is 5.91 Å². The number of benzene rings is 2. The summed E-state index contributed by atoms with van der Waals surface area (Å²) in [5, 5.41) is 8.29. The highest BCUT2D eigenvalue weighted by Crippen LogP contribution is 2.22. The second-order valence-electron chi connectivity index (χ2n) is 6.54. The van der Waals surface area contributed by atoms with Gasteiger partial charge in [-0.25, -0.2) is 0 Å². The van der Waals surface area contributed by atoms with E-state index < -0.39 is 0 Å². The van der Waals surface area contributed by atoms with Crippen LogP contribution in [0.15, 0.2) is 48.5 Å². The van der Waals surface area contributed by atoms with Crippen molar-refractivity contribution in [1.82, 2.24) is 10.2 Å². The van der Waals surface area contributed by atoms with Crippen molar-refractivity contribution >= 4 is 29.1 Å². The quantitative estimate of drug-likeness (QED) is 0.556. The van der Waals surface area contributed by atoms with E-state index in [1.54, 1.807) is 47.4 Å². The van der Waals surface area contributed by atoms with E-state index in [9.17, 15) is 14.4 Å². The summed E-state index contributed by atoms with van der Waals surface area (Å²) in [6, 6.07) is 13.9. The van der Waals surface area contributed by atoms with Crippen LogP contribution in [0.1, 0.15) is 24.2 Å². The Hall–Kier alpha value is -3.39. The van der Waals surface area contributed by atoms with Crippen LogP contribution in [0.2, 0.25) is 0 Å². The fourth-order valence-electron chi connectivity index (χ4n) is 2.82. The zero-order chi connectivity index (χ0) is 21.9. The number of para-hydroxylation sites is 2. The van der Waals surface area contributed by atoms with Gasteiger partial charge in [-0.15, -0.1) is 0 Å². The summed E-state index contributed by atoms with van der Waals surface area (Å²) in [5.74, 6) is -0.141. The van der Waals surface area contributed by atoms with E-state index in [1.807, 2.05) is 19.9 Å². The highest BCUT2D eigenvalue weighted by molar-refractivity contribution is 5.98. The Bertz CT molecular complexity index is 885. The SMILES string of the molecule is CCNC(=O)c1cccc(NC(=O)CN(CC)CC(=O)Nc2ccccc2OC)c1. The molecule has 0 unspecified atom stereocenters. The predicted molar refractivity (Wildman–Crippen MR) is 117 cm³/mol. The van der Waals surface area contributed by atoms with Crippen molar-refractivity contribution in [2.45, 2.75) is 13.8 Å². The predicted octanol–water partition coefficient (Wildman–Crippen LogP) is 2.34. The summed E-state index contributed by atoms with van der Waals surface area (Å²) in [6.45, 7) is 4.86. The standard InChI is InChI=1S/C22H28N4O4/c1-4-23-22(29)16-9-8-10-17(13-16)24-20(27)14-26(5-2)15-21(28)25-18-11-6-7-12-19(18)30-3/h6-13H,4-5,14-15H2,1-3H3,(H,23,29)(H,24,27)(H,25,28). The molecular weight excluding hydrogens is 384 g/mol. The van der Waals surface area contributed by atoms with Crippen LogP contribution in [0.5, 0.6) is 5.75 Å². The van der Waals surface area contributed by atoms with E-state index in [1.165, 1.54) is 7.11 Å². The molecule has 0 aromatic heterocycles. The minimum absolute atomic E-state index is 0.0429. The van der Waals surface area contributed by atoms with E-state index in [-0.39, 0.29) is 30.8 Å². The minimum Gasteiger partial charge on any atom is -0.495 e. The Morgan fingerprint density at radius 1 is 0.933 bits per heavy atom. The van der Waals surface area contributed by atoms with E-state index in [2.05, 4.69) is 16.0 Å². The molecule has 0 spiro atoms. The van der Waals surface area contributed by atoms with Crippen LogP contribution in [-0.4, -0.2) is 55.9 Å². The second-order valence-corrected chi connectivity index (χ2v) is 6.54. The van der Waals surface area contributed by atoms with E-state index in [0.717, 1.165) is 0 Å². The van der Waals surface area contributed by atoms with Crippen molar-refractivity contribution in [2.24, 2.45) is 0 Å². The summed E-state index contributed by atoms with van der Waals surface area (Å²) < 4.78 is 5.23. The molecule has 0 aliphatic rings. The molecule has 160 valence electrons. The number of methoxy groups -OCH3 is 1. The largest absolute Gasteiger partial charge is 0.495 e. The van der Waals surface area contributed by atoms with Gasteiger partial charge in [-0.3, -0.25) is 19.3 Å². The minimum atomic E-state index is -0.269. The molecule has 0 radical (unpaired) electrons. The maximum atomic E-state index is 12.4. The molecule has 0 fully saturated rings.